The topological polar surface area (TPSA) is 60.2 Å². The molecule has 154 valence electrons. The highest BCUT2D eigenvalue weighted by molar-refractivity contribution is 6.32. The van der Waals surface area contributed by atoms with E-state index in [1.807, 2.05) is 0 Å². The van der Waals surface area contributed by atoms with E-state index >= 15 is 0 Å². The van der Waals surface area contributed by atoms with Gasteiger partial charge in [-0.05, 0) is 32.1 Å². The SMILES string of the molecule is CC(C)OC(O)/C=C\n1cnc(-c2cc(C(F)(F)F)c(Cl)c(C(F)(F)F)c2)n1. The third kappa shape index (κ3) is 5.46. The zero-order valence-corrected chi connectivity index (χ0v) is 15.1. The first-order chi connectivity index (χ1) is 12.8. The summed E-state index contributed by atoms with van der Waals surface area (Å²) in [4.78, 5) is 3.70. The van der Waals surface area contributed by atoms with Crippen molar-refractivity contribution in [3.8, 4) is 11.4 Å². The van der Waals surface area contributed by atoms with Crippen LogP contribution >= 0.6 is 11.6 Å². The molecule has 0 radical (unpaired) electrons. The molecule has 0 aliphatic carbocycles. The van der Waals surface area contributed by atoms with Crippen molar-refractivity contribution in [3.63, 3.8) is 0 Å². The number of nitrogens with zero attached hydrogens (tertiary/aromatic N) is 3. The summed E-state index contributed by atoms with van der Waals surface area (Å²) < 4.78 is 84.5. The van der Waals surface area contributed by atoms with Crippen molar-refractivity contribution < 1.29 is 36.2 Å². The summed E-state index contributed by atoms with van der Waals surface area (Å²) in [6, 6.07) is 0.884. The average Bonchev–Trinajstić information content (AvgIpc) is 2.99. The molecule has 2 rings (SSSR count). The number of ether oxygens (including phenoxy) is 1. The van der Waals surface area contributed by atoms with E-state index in [1.54, 1.807) is 13.8 Å². The Hall–Kier alpha value is -2.11. The predicted octanol–water partition coefficient (Wildman–Crippen LogP) is 4.85. The molecule has 1 heterocycles. The molecule has 1 N–H and O–H groups in total. The number of alkyl halides is 6. The Kier molecular flexibility index (Phi) is 6.41. The first kappa shape index (κ1) is 22.2. The number of hydrogen-bond acceptors (Lipinski definition) is 4. The van der Waals surface area contributed by atoms with Gasteiger partial charge < -0.3 is 9.84 Å². The normalized spacial score (nSPS) is 14.2. The van der Waals surface area contributed by atoms with Crippen LogP contribution in [-0.4, -0.2) is 32.3 Å². The zero-order chi connectivity index (χ0) is 21.3. The number of aliphatic hydroxyl groups excluding tert-OH is 1. The van der Waals surface area contributed by atoms with Gasteiger partial charge in [0.2, 0.25) is 0 Å². The maximum absolute atomic E-state index is 13.1. The van der Waals surface area contributed by atoms with Gasteiger partial charge >= 0.3 is 12.4 Å². The number of rotatable bonds is 5. The monoisotopic (exact) mass is 429 g/mol. The van der Waals surface area contributed by atoms with Crippen molar-refractivity contribution in [2.24, 2.45) is 0 Å². The molecule has 0 fully saturated rings. The van der Waals surface area contributed by atoms with Gasteiger partial charge in [0.25, 0.3) is 0 Å². The van der Waals surface area contributed by atoms with Gasteiger partial charge in [0.15, 0.2) is 12.1 Å². The van der Waals surface area contributed by atoms with Crippen molar-refractivity contribution >= 4 is 17.8 Å². The Bertz CT molecular complexity index is 826. The van der Waals surface area contributed by atoms with Gasteiger partial charge in [0.05, 0.1) is 22.3 Å². The zero-order valence-electron chi connectivity index (χ0n) is 14.4. The van der Waals surface area contributed by atoms with Gasteiger partial charge in [-0.3, -0.25) is 0 Å². The first-order valence-corrected chi connectivity index (χ1v) is 8.08. The minimum Gasteiger partial charge on any atom is -0.365 e. The Morgan fingerprint density at radius 1 is 1.11 bits per heavy atom. The van der Waals surface area contributed by atoms with Crippen LogP contribution in [0.15, 0.2) is 24.5 Å². The Morgan fingerprint density at radius 2 is 1.64 bits per heavy atom. The highest BCUT2D eigenvalue weighted by Crippen LogP contribution is 2.44. The second-order valence-electron chi connectivity index (χ2n) is 5.85. The second-order valence-corrected chi connectivity index (χ2v) is 6.22. The first-order valence-electron chi connectivity index (χ1n) is 7.70. The van der Waals surface area contributed by atoms with E-state index in [4.69, 9.17) is 16.3 Å². The van der Waals surface area contributed by atoms with Crippen molar-refractivity contribution in [2.45, 2.75) is 38.6 Å². The van der Waals surface area contributed by atoms with Gasteiger partial charge in [0.1, 0.15) is 6.33 Å². The van der Waals surface area contributed by atoms with Crippen LogP contribution in [0.5, 0.6) is 0 Å². The number of benzene rings is 1. The standard InChI is InChI=1S/C16H14ClF6N3O2/c1-8(2)28-12(27)3-4-26-7-24-14(25-26)9-5-10(15(18,19)20)13(17)11(6-9)16(21,22)23/h3-8,12,27H,1-2H3/b4-3-. The van der Waals surface area contributed by atoms with Crippen LogP contribution in [0.25, 0.3) is 17.6 Å². The van der Waals surface area contributed by atoms with Crippen LogP contribution in [0.1, 0.15) is 25.0 Å². The molecule has 1 atom stereocenters. The van der Waals surface area contributed by atoms with E-state index in [0.29, 0.717) is 12.1 Å². The number of aliphatic hydroxyl groups is 1. The lowest BCUT2D eigenvalue weighted by atomic mass is 10.0. The van der Waals surface area contributed by atoms with Crippen LogP contribution < -0.4 is 0 Å². The highest BCUT2D eigenvalue weighted by atomic mass is 35.5. The predicted molar refractivity (Wildman–Crippen MR) is 88.0 cm³/mol. The van der Waals surface area contributed by atoms with E-state index in [9.17, 15) is 31.4 Å². The highest BCUT2D eigenvalue weighted by Gasteiger charge is 2.41. The molecule has 2 aromatic rings. The van der Waals surface area contributed by atoms with E-state index in [1.165, 1.54) is 12.3 Å². The molecule has 12 heteroatoms. The average molecular weight is 430 g/mol. The van der Waals surface area contributed by atoms with E-state index in [2.05, 4.69) is 10.1 Å². The summed E-state index contributed by atoms with van der Waals surface area (Å²) in [5.74, 6) is -0.392. The van der Waals surface area contributed by atoms with Crippen LogP contribution in [-0.2, 0) is 17.1 Å². The minimum absolute atomic E-state index is 0.276. The van der Waals surface area contributed by atoms with Crippen LogP contribution in [0.4, 0.5) is 26.3 Å². The van der Waals surface area contributed by atoms with Gasteiger partial charge in [-0.15, -0.1) is 5.10 Å². The summed E-state index contributed by atoms with van der Waals surface area (Å²) in [7, 11) is 0. The maximum Gasteiger partial charge on any atom is 0.417 e. The summed E-state index contributed by atoms with van der Waals surface area (Å²) in [6.07, 6.45) is -8.36. The molecule has 0 bridgehead atoms. The van der Waals surface area contributed by atoms with E-state index < -0.39 is 46.2 Å². The largest absolute Gasteiger partial charge is 0.417 e. The number of hydrogen-bond donors (Lipinski definition) is 1. The Morgan fingerprint density at radius 3 is 2.11 bits per heavy atom. The number of halogens is 7. The van der Waals surface area contributed by atoms with Crippen molar-refractivity contribution in [2.75, 3.05) is 0 Å². The summed E-state index contributed by atoms with van der Waals surface area (Å²) >= 11 is 5.33. The van der Waals surface area contributed by atoms with Crippen LogP contribution in [0.3, 0.4) is 0 Å². The quantitative estimate of drug-likeness (QED) is 0.545. The Labute approximate surface area is 160 Å². The maximum atomic E-state index is 13.1. The summed E-state index contributed by atoms with van der Waals surface area (Å²) in [5.41, 5.74) is -3.81. The van der Waals surface area contributed by atoms with Gasteiger partial charge in [-0.2, -0.15) is 26.3 Å². The Balaban J connectivity index is 2.43. The molecular formula is C16H14ClF6N3O2. The molecule has 0 saturated heterocycles. The van der Waals surface area contributed by atoms with Gasteiger partial charge in [-0.1, -0.05) is 11.6 Å². The lowest BCUT2D eigenvalue weighted by Gasteiger charge is -2.16. The second kappa shape index (κ2) is 8.10. The molecule has 0 spiro atoms. The molecular weight excluding hydrogens is 416 g/mol. The van der Waals surface area contributed by atoms with Crippen LogP contribution in [0.2, 0.25) is 5.02 Å². The van der Waals surface area contributed by atoms with Gasteiger partial charge in [0, 0.05) is 11.8 Å². The van der Waals surface area contributed by atoms with Crippen LogP contribution in [0, 0.1) is 0 Å². The van der Waals surface area contributed by atoms with E-state index in [-0.39, 0.29) is 6.10 Å². The lowest BCUT2D eigenvalue weighted by molar-refractivity contribution is -0.142. The molecule has 28 heavy (non-hydrogen) atoms. The number of aromatic nitrogens is 3. The minimum atomic E-state index is -5.10. The molecule has 0 saturated carbocycles. The van der Waals surface area contributed by atoms with E-state index in [0.717, 1.165) is 11.0 Å². The molecule has 1 unspecified atom stereocenters. The molecule has 0 aliphatic heterocycles. The third-order valence-corrected chi connectivity index (χ3v) is 3.67. The molecule has 0 amide bonds. The molecule has 1 aromatic heterocycles. The fraction of sp³-hybridized carbons (Fsp3) is 0.375. The molecule has 5 nitrogen and oxygen atoms in total. The smallest absolute Gasteiger partial charge is 0.365 e. The van der Waals surface area contributed by atoms with Crippen molar-refractivity contribution in [1.82, 2.24) is 14.8 Å². The van der Waals surface area contributed by atoms with Crippen molar-refractivity contribution in [1.29, 1.82) is 0 Å². The fourth-order valence-electron chi connectivity index (χ4n) is 2.13. The molecule has 0 aliphatic rings. The van der Waals surface area contributed by atoms with Crippen molar-refractivity contribution in [3.05, 3.63) is 40.7 Å². The fourth-order valence-corrected chi connectivity index (χ4v) is 2.45. The summed E-state index contributed by atoms with van der Waals surface area (Å²) in [5, 5.41) is 11.9. The van der Waals surface area contributed by atoms with Gasteiger partial charge in [-0.25, -0.2) is 9.67 Å². The molecule has 1 aromatic carbocycles. The lowest BCUT2D eigenvalue weighted by Crippen LogP contribution is -2.14. The summed E-state index contributed by atoms with van der Waals surface area (Å²) in [6.45, 7) is 3.36. The third-order valence-electron chi connectivity index (χ3n) is 3.27.